The smallest absolute Gasteiger partial charge is 0.362 e. The Morgan fingerprint density at radius 3 is 2.35 bits per heavy atom. The molecule has 0 unspecified atom stereocenters. The molecule has 1 heterocycles. The van der Waals surface area contributed by atoms with Gasteiger partial charge >= 0.3 is 5.51 Å². The van der Waals surface area contributed by atoms with Crippen LogP contribution in [0.15, 0.2) is 53.4 Å². The van der Waals surface area contributed by atoms with Crippen molar-refractivity contribution in [2.75, 3.05) is 30.9 Å². The molecular formula is C25H30F3N5S. The molecule has 182 valence electrons. The first-order valence-electron chi connectivity index (χ1n) is 11.5. The second-order valence-corrected chi connectivity index (χ2v) is 10.1. The van der Waals surface area contributed by atoms with Gasteiger partial charge in [0.2, 0.25) is 5.95 Å². The van der Waals surface area contributed by atoms with Crippen molar-refractivity contribution in [2.24, 2.45) is 5.92 Å². The van der Waals surface area contributed by atoms with E-state index in [0.29, 0.717) is 24.5 Å². The Balaban J connectivity index is 1.23. The first kappa shape index (κ1) is 24.6. The van der Waals surface area contributed by atoms with Crippen molar-refractivity contribution in [3.63, 3.8) is 0 Å². The highest BCUT2D eigenvalue weighted by Crippen LogP contribution is 2.36. The normalized spacial score (nSPS) is 18.7. The van der Waals surface area contributed by atoms with E-state index in [1.54, 1.807) is 12.1 Å². The topological polar surface area (TPSA) is 53.1 Å². The molecule has 1 aliphatic rings. The van der Waals surface area contributed by atoms with Gasteiger partial charge < -0.3 is 15.5 Å². The molecule has 5 nitrogen and oxygen atoms in total. The fourth-order valence-corrected chi connectivity index (χ4v) is 4.90. The third-order valence-electron chi connectivity index (χ3n) is 6.15. The summed E-state index contributed by atoms with van der Waals surface area (Å²) in [6.45, 7) is 1.51. The molecule has 0 radical (unpaired) electrons. The van der Waals surface area contributed by atoms with Gasteiger partial charge in [0.25, 0.3) is 0 Å². The van der Waals surface area contributed by atoms with E-state index in [-0.39, 0.29) is 16.7 Å². The lowest BCUT2D eigenvalue weighted by Crippen LogP contribution is -2.34. The van der Waals surface area contributed by atoms with Crippen molar-refractivity contribution in [2.45, 2.75) is 48.7 Å². The number of para-hydroxylation sites is 1. The minimum Gasteiger partial charge on any atom is -0.362 e. The predicted molar refractivity (Wildman–Crippen MR) is 133 cm³/mol. The molecule has 34 heavy (non-hydrogen) atoms. The Morgan fingerprint density at radius 2 is 1.68 bits per heavy atom. The number of hydrogen-bond donors (Lipinski definition) is 2. The van der Waals surface area contributed by atoms with E-state index in [2.05, 4.69) is 15.6 Å². The second kappa shape index (κ2) is 10.8. The SMILES string of the molecule is CN(C)c1nc(NCC2CCC(NCc3ccc(SC(F)(F)F)cc3)CC2)nc2ccccc12. The van der Waals surface area contributed by atoms with Crippen LogP contribution in [0.25, 0.3) is 10.9 Å². The summed E-state index contributed by atoms with van der Waals surface area (Å²) >= 11 is -0.0764. The van der Waals surface area contributed by atoms with Crippen molar-refractivity contribution < 1.29 is 13.2 Å². The maximum atomic E-state index is 12.5. The molecule has 0 bridgehead atoms. The molecule has 1 aromatic heterocycles. The van der Waals surface area contributed by atoms with Crippen LogP contribution in [0, 0.1) is 5.92 Å². The molecule has 0 spiro atoms. The largest absolute Gasteiger partial charge is 0.446 e. The summed E-state index contributed by atoms with van der Waals surface area (Å²) in [4.78, 5) is 11.6. The van der Waals surface area contributed by atoms with Crippen molar-refractivity contribution in [1.29, 1.82) is 0 Å². The summed E-state index contributed by atoms with van der Waals surface area (Å²) in [5, 5.41) is 8.04. The maximum Gasteiger partial charge on any atom is 0.446 e. The molecule has 0 atom stereocenters. The van der Waals surface area contributed by atoms with E-state index in [1.165, 1.54) is 12.1 Å². The van der Waals surface area contributed by atoms with Gasteiger partial charge in [0.05, 0.1) is 5.52 Å². The molecule has 2 N–H and O–H groups in total. The van der Waals surface area contributed by atoms with Crippen LogP contribution in [-0.2, 0) is 6.54 Å². The average Bonchev–Trinajstić information content (AvgIpc) is 2.81. The van der Waals surface area contributed by atoms with Gasteiger partial charge in [-0.05, 0) is 73.2 Å². The van der Waals surface area contributed by atoms with E-state index < -0.39 is 5.51 Å². The summed E-state index contributed by atoms with van der Waals surface area (Å²) < 4.78 is 37.4. The quantitative estimate of drug-likeness (QED) is 0.375. The second-order valence-electron chi connectivity index (χ2n) is 8.95. The van der Waals surface area contributed by atoms with E-state index in [0.717, 1.165) is 54.5 Å². The number of nitrogens with zero attached hydrogens (tertiary/aromatic N) is 3. The van der Waals surface area contributed by atoms with Gasteiger partial charge in [0, 0.05) is 43.5 Å². The summed E-state index contributed by atoms with van der Waals surface area (Å²) in [6, 6.07) is 15.1. The van der Waals surface area contributed by atoms with Crippen molar-refractivity contribution in [1.82, 2.24) is 15.3 Å². The van der Waals surface area contributed by atoms with Gasteiger partial charge in [-0.3, -0.25) is 0 Å². The molecule has 0 amide bonds. The first-order valence-corrected chi connectivity index (χ1v) is 12.3. The average molecular weight is 490 g/mol. The van der Waals surface area contributed by atoms with Crippen LogP contribution >= 0.6 is 11.8 Å². The molecule has 3 aromatic rings. The Kier molecular flexibility index (Phi) is 7.83. The molecule has 0 aliphatic heterocycles. The standard InChI is InChI=1S/C25H30F3N5S/c1-33(2)23-21-5-3-4-6-22(21)31-24(32-23)30-16-17-7-11-19(12-8-17)29-15-18-9-13-20(14-10-18)34-25(26,27)28/h3-6,9-10,13-14,17,19,29H,7-8,11-12,15-16H2,1-2H3,(H,30,31,32). The van der Waals surface area contributed by atoms with Crippen molar-refractivity contribution >= 4 is 34.4 Å². The number of nitrogens with one attached hydrogen (secondary N) is 2. The van der Waals surface area contributed by atoms with Crippen molar-refractivity contribution in [3.05, 3.63) is 54.1 Å². The number of benzene rings is 2. The van der Waals surface area contributed by atoms with Gasteiger partial charge in [-0.1, -0.05) is 24.3 Å². The third-order valence-corrected chi connectivity index (χ3v) is 6.89. The van der Waals surface area contributed by atoms with Crippen LogP contribution < -0.4 is 15.5 Å². The van der Waals surface area contributed by atoms with Gasteiger partial charge in [-0.2, -0.15) is 18.2 Å². The lowest BCUT2D eigenvalue weighted by atomic mass is 9.86. The Bertz CT molecular complexity index is 1080. The van der Waals surface area contributed by atoms with E-state index in [1.807, 2.05) is 43.3 Å². The highest BCUT2D eigenvalue weighted by atomic mass is 32.2. The Hall–Kier alpha value is -2.52. The number of aromatic nitrogens is 2. The number of halogens is 3. The predicted octanol–water partition coefficient (Wildman–Crippen LogP) is 6.07. The number of hydrogen-bond acceptors (Lipinski definition) is 6. The van der Waals surface area contributed by atoms with Crippen LogP contribution in [0.3, 0.4) is 0 Å². The zero-order chi connectivity index (χ0) is 24.1. The highest BCUT2D eigenvalue weighted by molar-refractivity contribution is 8.00. The fraction of sp³-hybridized carbons (Fsp3) is 0.440. The van der Waals surface area contributed by atoms with Crippen LogP contribution in [-0.4, -0.2) is 42.2 Å². The van der Waals surface area contributed by atoms with Crippen LogP contribution in [0.2, 0.25) is 0 Å². The monoisotopic (exact) mass is 489 g/mol. The molecule has 9 heteroatoms. The van der Waals surface area contributed by atoms with Crippen molar-refractivity contribution in [3.8, 4) is 0 Å². The zero-order valence-electron chi connectivity index (χ0n) is 19.4. The summed E-state index contributed by atoms with van der Waals surface area (Å²) in [5.74, 6) is 2.13. The summed E-state index contributed by atoms with van der Waals surface area (Å²) in [7, 11) is 3.98. The van der Waals surface area contributed by atoms with Crippen LogP contribution in [0.4, 0.5) is 24.9 Å². The molecule has 4 rings (SSSR count). The molecular weight excluding hydrogens is 459 g/mol. The molecule has 2 aromatic carbocycles. The third kappa shape index (κ3) is 6.76. The minimum absolute atomic E-state index is 0.0764. The highest BCUT2D eigenvalue weighted by Gasteiger charge is 2.29. The van der Waals surface area contributed by atoms with E-state index >= 15 is 0 Å². The number of anilines is 2. The first-order chi connectivity index (χ1) is 16.3. The maximum absolute atomic E-state index is 12.5. The van der Waals surface area contributed by atoms with Gasteiger partial charge in [-0.15, -0.1) is 0 Å². The molecule has 1 aliphatic carbocycles. The lowest BCUT2D eigenvalue weighted by Gasteiger charge is -2.29. The van der Waals surface area contributed by atoms with Crippen LogP contribution in [0.5, 0.6) is 0 Å². The molecule has 1 saturated carbocycles. The number of alkyl halides is 3. The fourth-order valence-electron chi connectivity index (χ4n) is 4.36. The zero-order valence-corrected chi connectivity index (χ0v) is 20.2. The van der Waals surface area contributed by atoms with Gasteiger partial charge in [-0.25, -0.2) is 4.98 Å². The van der Waals surface area contributed by atoms with Crippen LogP contribution in [0.1, 0.15) is 31.2 Å². The Morgan fingerprint density at radius 1 is 0.971 bits per heavy atom. The lowest BCUT2D eigenvalue weighted by molar-refractivity contribution is -0.0328. The van der Waals surface area contributed by atoms with E-state index in [4.69, 9.17) is 4.98 Å². The minimum atomic E-state index is -4.25. The van der Waals surface area contributed by atoms with E-state index in [9.17, 15) is 13.2 Å². The number of thioether (sulfide) groups is 1. The summed E-state index contributed by atoms with van der Waals surface area (Å²) in [5.41, 5.74) is -2.32. The number of rotatable bonds is 8. The Labute approximate surface area is 202 Å². The number of fused-ring (bicyclic) bond motifs is 1. The molecule has 1 fully saturated rings. The summed E-state index contributed by atoms with van der Waals surface area (Å²) in [6.07, 6.45) is 4.38. The van der Waals surface area contributed by atoms with Gasteiger partial charge in [0.15, 0.2) is 0 Å². The molecule has 0 saturated heterocycles. The van der Waals surface area contributed by atoms with Gasteiger partial charge in [0.1, 0.15) is 5.82 Å².